The Labute approximate surface area is 91.2 Å². The van der Waals surface area contributed by atoms with E-state index in [9.17, 15) is 4.39 Å². The van der Waals surface area contributed by atoms with E-state index in [0.29, 0.717) is 0 Å². The Morgan fingerprint density at radius 3 is 2.62 bits per heavy atom. The first-order valence-corrected chi connectivity index (χ1v) is 4.29. The molecule has 0 atom stereocenters. The lowest BCUT2D eigenvalue weighted by Crippen LogP contribution is -2.33. The molecule has 0 aliphatic rings. The standard InChI is InChI=1S/C8H10BFN4O2/c10-7-3-1-2-6(9(15)16)5(7)4-13-14-8(11)12/h1-4,15-16H,(H4,11,12,14). The molecule has 0 unspecified atom stereocenters. The van der Waals surface area contributed by atoms with Crippen LogP contribution in [-0.4, -0.2) is 29.3 Å². The molecule has 0 saturated heterocycles. The number of halogens is 1. The summed E-state index contributed by atoms with van der Waals surface area (Å²) >= 11 is 0. The summed E-state index contributed by atoms with van der Waals surface area (Å²) in [5, 5.41) is 24.6. The summed E-state index contributed by atoms with van der Waals surface area (Å²) < 4.78 is 13.3. The number of nitrogens with two attached hydrogens (primary N) is 2. The number of benzene rings is 1. The molecule has 0 amide bonds. The van der Waals surface area contributed by atoms with Gasteiger partial charge in [-0.15, -0.1) is 5.10 Å². The van der Waals surface area contributed by atoms with Crippen LogP contribution in [0.5, 0.6) is 0 Å². The molecule has 1 rings (SSSR count). The van der Waals surface area contributed by atoms with Crippen molar-refractivity contribution in [2.24, 2.45) is 21.7 Å². The highest BCUT2D eigenvalue weighted by molar-refractivity contribution is 6.60. The third kappa shape index (κ3) is 3.04. The summed E-state index contributed by atoms with van der Waals surface area (Å²) in [4.78, 5) is 0. The van der Waals surface area contributed by atoms with E-state index in [-0.39, 0.29) is 17.0 Å². The molecule has 84 valence electrons. The normalized spacial score (nSPS) is 10.4. The zero-order valence-corrected chi connectivity index (χ0v) is 8.21. The number of guanidine groups is 1. The Morgan fingerprint density at radius 1 is 1.38 bits per heavy atom. The Morgan fingerprint density at radius 2 is 2.06 bits per heavy atom. The van der Waals surface area contributed by atoms with Gasteiger partial charge in [-0.25, -0.2) is 4.39 Å². The lowest BCUT2D eigenvalue weighted by atomic mass is 9.77. The van der Waals surface area contributed by atoms with Crippen molar-refractivity contribution in [3.63, 3.8) is 0 Å². The van der Waals surface area contributed by atoms with Crippen LogP contribution >= 0.6 is 0 Å². The van der Waals surface area contributed by atoms with E-state index in [1.165, 1.54) is 12.1 Å². The summed E-state index contributed by atoms with van der Waals surface area (Å²) in [7, 11) is -1.80. The quantitative estimate of drug-likeness (QED) is 0.208. The predicted molar refractivity (Wildman–Crippen MR) is 59.6 cm³/mol. The molecule has 1 aromatic carbocycles. The Balaban J connectivity index is 3.11. The fourth-order valence-corrected chi connectivity index (χ4v) is 1.07. The van der Waals surface area contributed by atoms with Gasteiger partial charge in [0.2, 0.25) is 5.96 Å². The van der Waals surface area contributed by atoms with E-state index in [1.54, 1.807) is 0 Å². The first-order valence-electron chi connectivity index (χ1n) is 4.29. The van der Waals surface area contributed by atoms with E-state index < -0.39 is 12.9 Å². The second-order valence-electron chi connectivity index (χ2n) is 2.89. The average Bonchev–Trinajstić information content (AvgIpc) is 2.19. The van der Waals surface area contributed by atoms with Crippen molar-refractivity contribution < 1.29 is 14.4 Å². The van der Waals surface area contributed by atoms with E-state index >= 15 is 0 Å². The van der Waals surface area contributed by atoms with E-state index in [0.717, 1.165) is 12.3 Å². The molecular weight excluding hydrogens is 214 g/mol. The van der Waals surface area contributed by atoms with Crippen molar-refractivity contribution in [1.29, 1.82) is 0 Å². The summed E-state index contributed by atoms with van der Waals surface area (Å²) in [5.74, 6) is -0.932. The number of hydrogen-bond acceptors (Lipinski definition) is 4. The highest BCUT2D eigenvalue weighted by Crippen LogP contribution is 2.02. The van der Waals surface area contributed by atoms with Crippen molar-refractivity contribution in [2.75, 3.05) is 0 Å². The summed E-state index contributed by atoms with van der Waals surface area (Å²) in [5.41, 5.74) is 9.93. The number of nitrogens with zero attached hydrogens (tertiary/aromatic N) is 2. The van der Waals surface area contributed by atoms with Crippen LogP contribution in [0.15, 0.2) is 28.4 Å². The third-order valence-electron chi connectivity index (χ3n) is 1.72. The summed E-state index contributed by atoms with van der Waals surface area (Å²) in [6.07, 6.45) is 1.00. The van der Waals surface area contributed by atoms with Crippen molar-refractivity contribution >= 4 is 24.8 Å². The van der Waals surface area contributed by atoms with Crippen LogP contribution in [-0.2, 0) is 0 Å². The van der Waals surface area contributed by atoms with Crippen LogP contribution in [0.25, 0.3) is 0 Å². The summed E-state index contributed by atoms with van der Waals surface area (Å²) in [6, 6.07) is 3.86. The van der Waals surface area contributed by atoms with E-state index in [1.807, 2.05) is 0 Å². The van der Waals surface area contributed by atoms with Crippen LogP contribution in [0.1, 0.15) is 5.56 Å². The first-order chi connectivity index (χ1) is 7.52. The van der Waals surface area contributed by atoms with Crippen molar-refractivity contribution in [3.05, 3.63) is 29.6 Å². The minimum Gasteiger partial charge on any atom is -0.423 e. The zero-order chi connectivity index (χ0) is 12.1. The molecule has 8 heteroatoms. The van der Waals surface area contributed by atoms with Crippen LogP contribution in [0.2, 0.25) is 0 Å². The molecule has 16 heavy (non-hydrogen) atoms. The Bertz CT molecular complexity index is 432. The largest absolute Gasteiger partial charge is 0.489 e. The van der Waals surface area contributed by atoms with E-state index in [2.05, 4.69) is 10.2 Å². The summed E-state index contributed by atoms with van der Waals surface area (Å²) in [6.45, 7) is 0. The molecule has 6 N–H and O–H groups in total. The zero-order valence-electron chi connectivity index (χ0n) is 8.21. The molecule has 0 fully saturated rings. The van der Waals surface area contributed by atoms with Gasteiger partial charge >= 0.3 is 7.12 Å². The van der Waals surface area contributed by atoms with Gasteiger partial charge in [0.15, 0.2) is 0 Å². The fraction of sp³-hybridized carbons (Fsp3) is 0. The lowest BCUT2D eigenvalue weighted by Gasteiger charge is -2.04. The Hall–Kier alpha value is -1.93. The van der Waals surface area contributed by atoms with Gasteiger partial charge in [-0.1, -0.05) is 12.1 Å². The van der Waals surface area contributed by atoms with Crippen molar-refractivity contribution in [2.45, 2.75) is 0 Å². The maximum Gasteiger partial charge on any atom is 0.489 e. The number of rotatable bonds is 3. The first kappa shape index (κ1) is 12.1. The van der Waals surface area contributed by atoms with Crippen LogP contribution in [0, 0.1) is 5.82 Å². The smallest absolute Gasteiger partial charge is 0.423 e. The van der Waals surface area contributed by atoms with Gasteiger partial charge in [-0.05, 0) is 11.5 Å². The van der Waals surface area contributed by atoms with Gasteiger partial charge in [0.1, 0.15) is 5.82 Å². The van der Waals surface area contributed by atoms with E-state index in [4.69, 9.17) is 21.5 Å². The van der Waals surface area contributed by atoms with Crippen LogP contribution in [0.4, 0.5) is 4.39 Å². The molecule has 0 radical (unpaired) electrons. The maximum absolute atomic E-state index is 13.3. The molecule has 0 saturated carbocycles. The third-order valence-corrected chi connectivity index (χ3v) is 1.72. The molecule has 6 nitrogen and oxygen atoms in total. The monoisotopic (exact) mass is 224 g/mol. The maximum atomic E-state index is 13.3. The van der Waals surface area contributed by atoms with Gasteiger partial charge in [-0.2, -0.15) is 5.10 Å². The van der Waals surface area contributed by atoms with Gasteiger partial charge < -0.3 is 21.5 Å². The Kier molecular flexibility index (Phi) is 3.98. The van der Waals surface area contributed by atoms with Gasteiger partial charge in [0.05, 0.1) is 6.21 Å². The highest BCUT2D eigenvalue weighted by Gasteiger charge is 2.17. The molecule has 0 aromatic heterocycles. The molecule has 0 bridgehead atoms. The lowest BCUT2D eigenvalue weighted by molar-refractivity contribution is 0.425. The van der Waals surface area contributed by atoms with Crippen LogP contribution < -0.4 is 16.9 Å². The minimum absolute atomic E-state index is 0.0189. The average molecular weight is 224 g/mol. The molecule has 0 aliphatic carbocycles. The minimum atomic E-state index is -1.80. The second-order valence-corrected chi connectivity index (χ2v) is 2.89. The second kappa shape index (κ2) is 5.24. The van der Waals surface area contributed by atoms with Gasteiger partial charge in [-0.3, -0.25) is 0 Å². The van der Waals surface area contributed by atoms with Crippen LogP contribution in [0.3, 0.4) is 0 Å². The van der Waals surface area contributed by atoms with Gasteiger partial charge in [0, 0.05) is 5.56 Å². The molecule has 0 heterocycles. The molecule has 0 aliphatic heterocycles. The molecular formula is C8H10BFN4O2. The predicted octanol–water partition coefficient (Wildman–Crippen LogP) is -1.89. The number of hydrogen-bond donors (Lipinski definition) is 4. The van der Waals surface area contributed by atoms with Crippen molar-refractivity contribution in [3.8, 4) is 0 Å². The van der Waals surface area contributed by atoms with Crippen molar-refractivity contribution in [1.82, 2.24) is 0 Å². The SMILES string of the molecule is NC(N)=NN=Cc1c(F)cccc1B(O)O. The highest BCUT2D eigenvalue weighted by atomic mass is 19.1. The fourth-order valence-electron chi connectivity index (χ4n) is 1.07. The molecule has 1 aromatic rings. The topological polar surface area (TPSA) is 117 Å². The van der Waals surface area contributed by atoms with Gasteiger partial charge in [0.25, 0.3) is 0 Å². The molecule has 0 spiro atoms.